The van der Waals surface area contributed by atoms with Crippen LogP contribution in [0.3, 0.4) is 0 Å². The second kappa shape index (κ2) is 9.31. The third kappa shape index (κ3) is 4.47. The van der Waals surface area contributed by atoms with Gasteiger partial charge in [0.25, 0.3) is 0 Å². The highest BCUT2D eigenvalue weighted by molar-refractivity contribution is 6.32. The number of anilines is 2. The van der Waals surface area contributed by atoms with Crippen molar-refractivity contribution in [2.45, 2.75) is 25.8 Å². The molecule has 0 spiro atoms. The van der Waals surface area contributed by atoms with Gasteiger partial charge >= 0.3 is 0 Å². The maximum atomic E-state index is 13.1. The van der Waals surface area contributed by atoms with Crippen molar-refractivity contribution >= 4 is 35.2 Å². The molecule has 0 aliphatic carbocycles. The van der Waals surface area contributed by atoms with Crippen LogP contribution < -0.4 is 10.2 Å². The standard InChI is InChI=1S/C25H24ClN3O2/c1-2-17-6-3-4-7-21(17)24(31)18-9-10-23(19(14-18)16-30)29-13-11-20(15-29)28-25-22(26)8-5-12-27-25/h3-10,12,14,16,20H,2,11,13,15H2,1H3,(H,27,28)/t20-/m0/s1. The molecule has 0 unspecified atom stereocenters. The number of carbonyl (C=O) groups is 2. The van der Waals surface area contributed by atoms with Gasteiger partial charge in [-0.25, -0.2) is 4.98 Å². The largest absolute Gasteiger partial charge is 0.369 e. The summed E-state index contributed by atoms with van der Waals surface area (Å²) in [5, 5.41) is 3.97. The van der Waals surface area contributed by atoms with E-state index in [0.717, 1.165) is 43.5 Å². The molecule has 2 heterocycles. The number of aldehydes is 1. The van der Waals surface area contributed by atoms with Crippen LogP contribution in [0.4, 0.5) is 11.5 Å². The molecule has 0 bridgehead atoms. The number of aryl methyl sites for hydroxylation is 1. The molecule has 31 heavy (non-hydrogen) atoms. The van der Waals surface area contributed by atoms with Gasteiger partial charge in [0.05, 0.1) is 5.02 Å². The van der Waals surface area contributed by atoms with E-state index in [2.05, 4.69) is 15.2 Å². The molecule has 1 aliphatic heterocycles. The van der Waals surface area contributed by atoms with Crippen molar-refractivity contribution in [3.8, 4) is 0 Å². The summed E-state index contributed by atoms with van der Waals surface area (Å²) in [5.74, 6) is 0.611. The Balaban J connectivity index is 1.53. The molecule has 1 aliphatic rings. The number of halogens is 1. The Labute approximate surface area is 187 Å². The normalized spacial score (nSPS) is 15.7. The molecule has 1 fully saturated rings. The van der Waals surface area contributed by atoms with Crippen LogP contribution in [0.15, 0.2) is 60.8 Å². The zero-order valence-electron chi connectivity index (χ0n) is 17.3. The Morgan fingerprint density at radius 1 is 1.23 bits per heavy atom. The van der Waals surface area contributed by atoms with Gasteiger partial charge in [-0.3, -0.25) is 9.59 Å². The minimum Gasteiger partial charge on any atom is -0.369 e. The minimum absolute atomic E-state index is 0.0575. The number of pyridine rings is 1. The molecule has 6 heteroatoms. The van der Waals surface area contributed by atoms with E-state index >= 15 is 0 Å². The Morgan fingerprint density at radius 2 is 2.06 bits per heavy atom. The van der Waals surface area contributed by atoms with Gasteiger partial charge in [-0.2, -0.15) is 0 Å². The number of nitrogens with one attached hydrogen (secondary N) is 1. The van der Waals surface area contributed by atoms with Gasteiger partial charge in [-0.05, 0) is 48.7 Å². The van der Waals surface area contributed by atoms with Crippen molar-refractivity contribution in [2.75, 3.05) is 23.3 Å². The van der Waals surface area contributed by atoms with Crippen LogP contribution in [0.25, 0.3) is 0 Å². The molecular weight excluding hydrogens is 410 g/mol. The number of hydrogen-bond acceptors (Lipinski definition) is 5. The molecule has 0 saturated carbocycles. The van der Waals surface area contributed by atoms with E-state index in [-0.39, 0.29) is 11.8 Å². The first kappa shape index (κ1) is 21.1. The summed E-state index contributed by atoms with van der Waals surface area (Å²) in [6, 6.07) is 16.8. The number of rotatable bonds is 7. The molecule has 158 valence electrons. The van der Waals surface area contributed by atoms with E-state index in [0.29, 0.717) is 27.5 Å². The van der Waals surface area contributed by atoms with Gasteiger partial charge in [-0.15, -0.1) is 0 Å². The Kier molecular flexibility index (Phi) is 6.33. The number of benzene rings is 2. The Bertz CT molecular complexity index is 1120. The summed E-state index contributed by atoms with van der Waals surface area (Å²) in [4.78, 5) is 31.4. The third-order valence-corrected chi connectivity index (χ3v) is 5.99. The van der Waals surface area contributed by atoms with E-state index in [1.54, 1.807) is 24.4 Å². The second-order valence-electron chi connectivity index (χ2n) is 7.64. The van der Waals surface area contributed by atoms with Crippen molar-refractivity contribution in [1.82, 2.24) is 4.98 Å². The predicted molar refractivity (Wildman–Crippen MR) is 125 cm³/mol. The zero-order valence-corrected chi connectivity index (χ0v) is 18.1. The average Bonchev–Trinajstić information content (AvgIpc) is 3.28. The molecule has 4 rings (SSSR count). The molecule has 1 aromatic heterocycles. The van der Waals surface area contributed by atoms with Crippen LogP contribution in [-0.2, 0) is 6.42 Å². The topological polar surface area (TPSA) is 62.3 Å². The molecule has 0 amide bonds. The minimum atomic E-state index is -0.0575. The van der Waals surface area contributed by atoms with Crippen LogP contribution in [0.5, 0.6) is 0 Å². The number of nitrogens with zero attached hydrogens (tertiary/aromatic N) is 2. The summed E-state index contributed by atoms with van der Waals surface area (Å²) in [6.45, 7) is 3.55. The summed E-state index contributed by atoms with van der Waals surface area (Å²) in [5.41, 5.74) is 3.59. The second-order valence-corrected chi connectivity index (χ2v) is 8.05. The average molecular weight is 434 g/mol. The van der Waals surface area contributed by atoms with Gasteiger partial charge in [0.2, 0.25) is 0 Å². The first-order valence-electron chi connectivity index (χ1n) is 10.4. The highest BCUT2D eigenvalue weighted by atomic mass is 35.5. The number of aromatic nitrogens is 1. The maximum absolute atomic E-state index is 13.1. The van der Waals surface area contributed by atoms with E-state index in [9.17, 15) is 9.59 Å². The number of ketones is 1. The summed E-state index contributed by atoms with van der Waals surface area (Å²) < 4.78 is 0. The number of hydrogen-bond donors (Lipinski definition) is 1. The lowest BCUT2D eigenvalue weighted by atomic mass is 9.95. The van der Waals surface area contributed by atoms with Gasteiger partial charge in [0.15, 0.2) is 12.1 Å². The quantitative estimate of drug-likeness (QED) is 0.418. The third-order valence-electron chi connectivity index (χ3n) is 5.69. The van der Waals surface area contributed by atoms with Gasteiger partial charge < -0.3 is 10.2 Å². The molecule has 1 N–H and O–H groups in total. The van der Waals surface area contributed by atoms with Crippen LogP contribution in [0.2, 0.25) is 5.02 Å². The van der Waals surface area contributed by atoms with Crippen molar-refractivity contribution < 1.29 is 9.59 Å². The first-order chi connectivity index (χ1) is 15.1. The van der Waals surface area contributed by atoms with Crippen LogP contribution in [0.1, 0.15) is 45.2 Å². The fraction of sp³-hybridized carbons (Fsp3) is 0.240. The van der Waals surface area contributed by atoms with Crippen LogP contribution >= 0.6 is 11.6 Å². The molecule has 2 aromatic carbocycles. The van der Waals surface area contributed by atoms with E-state index < -0.39 is 0 Å². The first-order valence-corrected chi connectivity index (χ1v) is 10.8. The molecular formula is C25H24ClN3O2. The fourth-order valence-corrected chi connectivity index (χ4v) is 4.24. The van der Waals surface area contributed by atoms with Gasteiger partial charge in [0.1, 0.15) is 5.82 Å². The van der Waals surface area contributed by atoms with E-state index in [1.165, 1.54) is 0 Å². The highest BCUT2D eigenvalue weighted by Crippen LogP contribution is 2.28. The highest BCUT2D eigenvalue weighted by Gasteiger charge is 2.25. The summed E-state index contributed by atoms with van der Waals surface area (Å²) >= 11 is 6.21. The van der Waals surface area contributed by atoms with Crippen LogP contribution in [-0.4, -0.2) is 36.2 Å². The molecule has 5 nitrogen and oxygen atoms in total. The lowest BCUT2D eigenvalue weighted by Gasteiger charge is -2.21. The molecule has 1 atom stereocenters. The van der Waals surface area contributed by atoms with Crippen LogP contribution in [0, 0.1) is 0 Å². The monoisotopic (exact) mass is 433 g/mol. The predicted octanol–water partition coefficient (Wildman–Crippen LogP) is 5.03. The van der Waals surface area contributed by atoms with E-state index in [4.69, 9.17) is 11.6 Å². The van der Waals surface area contributed by atoms with Crippen molar-refractivity contribution in [3.05, 3.63) is 88.1 Å². The SMILES string of the molecule is CCc1ccccc1C(=O)c1ccc(N2CC[C@H](Nc3ncccc3Cl)C2)c(C=O)c1. The fourth-order valence-electron chi connectivity index (χ4n) is 4.07. The lowest BCUT2D eigenvalue weighted by Crippen LogP contribution is -2.27. The Hall–Kier alpha value is -3.18. The van der Waals surface area contributed by atoms with Gasteiger partial charge in [-0.1, -0.05) is 42.8 Å². The zero-order chi connectivity index (χ0) is 21.8. The van der Waals surface area contributed by atoms with Crippen molar-refractivity contribution in [3.63, 3.8) is 0 Å². The maximum Gasteiger partial charge on any atom is 0.193 e. The molecule has 0 radical (unpaired) electrons. The van der Waals surface area contributed by atoms with E-state index in [1.807, 2.05) is 43.3 Å². The summed E-state index contributed by atoms with van der Waals surface area (Å²) in [7, 11) is 0. The van der Waals surface area contributed by atoms with Crippen molar-refractivity contribution in [2.24, 2.45) is 0 Å². The molecule has 3 aromatic rings. The summed E-state index contributed by atoms with van der Waals surface area (Å²) in [6.07, 6.45) is 4.21. The Morgan fingerprint density at radius 3 is 2.84 bits per heavy atom. The smallest absolute Gasteiger partial charge is 0.193 e. The molecule has 1 saturated heterocycles. The van der Waals surface area contributed by atoms with Gasteiger partial charge in [0, 0.05) is 47.7 Å². The lowest BCUT2D eigenvalue weighted by molar-refractivity contribution is 0.103. The number of carbonyl (C=O) groups excluding carboxylic acids is 2. The van der Waals surface area contributed by atoms with Crippen molar-refractivity contribution in [1.29, 1.82) is 0 Å².